The van der Waals surface area contributed by atoms with E-state index >= 15 is 0 Å². The van der Waals surface area contributed by atoms with Gasteiger partial charge in [0.15, 0.2) is 5.82 Å². The fourth-order valence-electron chi connectivity index (χ4n) is 2.46. The largest absolute Gasteiger partial charge is 0.497 e. The van der Waals surface area contributed by atoms with Crippen molar-refractivity contribution >= 4 is 12.1 Å². The van der Waals surface area contributed by atoms with Crippen molar-refractivity contribution in [2.45, 2.75) is 6.42 Å². The topological polar surface area (TPSA) is 91.9 Å². The summed E-state index contributed by atoms with van der Waals surface area (Å²) in [6, 6.07) is 8.14. The van der Waals surface area contributed by atoms with Crippen LogP contribution in [0, 0.1) is 0 Å². The van der Waals surface area contributed by atoms with E-state index < -0.39 is 6.09 Å². The molecule has 0 atom stereocenters. The van der Waals surface area contributed by atoms with E-state index in [1.165, 1.54) is 4.90 Å². The highest BCUT2D eigenvalue weighted by Crippen LogP contribution is 2.17. The van der Waals surface area contributed by atoms with Crippen molar-refractivity contribution in [3.05, 3.63) is 35.7 Å². The van der Waals surface area contributed by atoms with Crippen molar-refractivity contribution in [3.8, 4) is 5.75 Å². The van der Waals surface area contributed by atoms with E-state index in [1.807, 2.05) is 29.2 Å². The lowest BCUT2D eigenvalue weighted by molar-refractivity contribution is 0.141. The third-order valence-corrected chi connectivity index (χ3v) is 3.80. The number of hydrogen-bond donors (Lipinski definition) is 1. The Bertz CT molecular complexity index is 662. The predicted octanol–water partition coefficient (Wildman–Crippen LogP) is 1.47. The molecule has 1 fully saturated rings. The van der Waals surface area contributed by atoms with Crippen molar-refractivity contribution in [1.29, 1.82) is 0 Å². The van der Waals surface area contributed by atoms with Crippen molar-refractivity contribution in [3.63, 3.8) is 0 Å². The van der Waals surface area contributed by atoms with Gasteiger partial charge in [0.25, 0.3) is 0 Å². The number of anilines is 1. The van der Waals surface area contributed by atoms with Crippen LogP contribution in [0.1, 0.15) is 11.4 Å². The van der Waals surface area contributed by atoms with Crippen LogP contribution in [0.5, 0.6) is 5.75 Å². The number of piperazine rings is 1. The summed E-state index contributed by atoms with van der Waals surface area (Å²) < 4.78 is 10.4. The van der Waals surface area contributed by atoms with E-state index in [0.717, 1.165) is 11.3 Å². The first-order valence-corrected chi connectivity index (χ1v) is 7.34. The molecular weight excluding hydrogens is 300 g/mol. The Labute approximate surface area is 133 Å². The molecule has 3 rings (SSSR count). The van der Waals surface area contributed by atoms with Gasteiger partial charge >= 0.3 is 12.1 Å². The first-order chi connectivity index (χ1) is 11.2. The number of nitrogens with zero attached hydrogens (tertiary/aromatic N) is 4. The summed E-state index contributed by atoms with van der Waals surface area (Å²) in [5, 5.41) is 12.9. The Kier molecular flexibility index (Phi) is 4.31. The molecule has 0 spiro atoms. The second kappa shape index (κ2) is 6.55. The van der Waals surface area contributed by atoms with Gasteiger partial charge in [0.05, 0.1) is 7.11 Å². The molecule has 1 aromatic carbocycles. The van der Waals surface area contributed by atoms with E-state index in [9.17, 15) is 4.79 Å². The number of benzene rings is 1. The predicted molar refractivity (Wildman–Crippen MR) is 81.9 cm³/mol. The molecular formula is C15H18N4O4. The SMILES string of the molecule is COc1ccc(Cc2noc(N3CCN(C(=O)O)CC3)n2)cc1. The van der Waals surface area contributed by atoms with Gasteiger partial charge < -0.3 is 24.2 Å². The van der Waals surface area contributed by atoms with Gasteiger partial charge in [-0.15, -0.1) is 0 Å². The lowest BCUT2D eigenvalue weighted by Crippen LogP contribution is -2.48. The molecule has 2 aromatic rings. The summed E-state index contributed by atoms with van der Waals surface area (Å²) in [7, 11) is 1.63. The van der Waals surface area contributed by atoms with Crippen molar-refractivity contribution < 1.29 is 19.2 Å². The summed E-state index contributed by atoms with van der Waals surface area (Å²) in [6.07, 6.45) is -0.321. The Balaban J connectivity index is 1.60. The van der Waals surface area contributed by atoms with Crippen LogP contribution in [0.15, 0.2) is 28.8 Å². The van der Waals surface area contributed by atoms with Crippen LogP contribution in [0.2, 0.25) is 0 Å². The van der Waals surface area contributed by atoms with Gasteiger partial charge in [0.1, 0.15) is 5.75 Å². The quantitative estimate of drug-likeness (QED) is 0.912. The molecule has 1 amide bonds. The van der Waals surface area contributed by atoms with Crippen molar-refractivity contribution in [1.82, 2.24) is 15.0 Å². The van der Waals surface area contributed by atoms with Gasteiger partial charge in [0, 0.05) is 32.6 Å². The number of methoxy groups -OCH3 is 1. The van der Waals surface area contributed by atoms with Crippen LogP contribution < -0.4 is 9.64 Å². The van der Waals surface area contributed by atoms with E-state index in [-0.39, 0.29) is 0 Å². The fraction of sp³-hybridized carbons (Fsp3) is 0.400. The zero-order valence-corrected chi connectivity index (χ0v) is 12.8. The molecule has 122 valence electrons. The number of ether oxygens (including phenoxy) is 1. The maximum absolute atomic E-state index is 10.9. The number of carbonyl (C=O) groups is 1. The standard InChI is InChI=1S/C15H18N4O4/c1-22-12-4-2-11(3-5-12)10-13-16-14(23-17-13)18-6-8-19(9-7-18)15(20)21/h2-5H,6-10H2,1H3,(H,20,21). The van der Waals surface area contributed by atoms with Crippen LogP contribution in [-0.2, 0) is 6.42 Å². The summed E-state index contributed by atoms with van der Waals surface area (Å²) in [4.78, 5) is 18.6. The minimum Gasteiger partial charge on any atom is -0.497 e. The lowest BCUT2D eigenvalue weighted by atomic mass is 10.1. The maximum Gasteiger partial charge on any atom is 0.407 e. The maximum atomic E-state index is 10.9. The number of rotatable bonds is 4. The van der Waals surface area contributed by atoms with Gasteiger partial charge in [-0.3, -0.25) is 0 Å². The molecule has 8 nitrogen and oxygen atoms in total. The number of hydrogen-bond acceptors (Lipinski definition) is 6. The number of amides is 1. The molecule has 0 saturated carbocycles. The minimum atomic E-state index is -0.893. The van der Waals surface area contributed by atoms with Gasteiger partial charge in [-0.1, -0.05) is 17.3 Å². The van der Waals surface area contributed by atoms with Crippen molar-refractivity contribution in [2.24, 2.45) is 0 Å². The lowest BCUT2D eigenvalue weighted by Gasteiger charge is -2.31. The zero-order valence-electron chi connectivity index (χ0n) is 12.8. The molecule has 23 heavy (non-hydrogen) atoms. The first kappa shape index (κ1) is 15.1. The first-order valence-electron chi connectivity index (χ1n) is 7.34. The van der Waals surface area contributed by atoms with Gasteiger partial charge in [0.2, 0.25) is 0 Å². The van der Waals surface area contributed by atoms with Gasteiger partial charge in [-0.2, -0.15) is 4.98 Å². The van der Waals surface area contributed by atoms with E-state index in [0.29, 0.717) is 44.4 Å². The van der Waals surface area contributed by atoms with Gasteiger partial charge in [-0.05, 0) is 17.7 Å². The monoisotopic (exact) mass is 318 g/mol. The van der Waals surface area contributed by atoms with E-state index in [4.69, 9.17) is 14.4 Å². The Morgan fingerprint density at radius 2 is 1.96 bits per heavy atom. The van der Waals surface area contributed by atoms with Crippen LogP contribution in [0.4, 0.5) is 10.8 Å². The second-order valence-corrected chi connectivity index (χ2v) is 5.27. The smallest absolute Gasteiger partial charge is 0.407 e. The zero-order chi connectivity index (χ0) is 16.2. The number of aromatic nitrogens is 2. The minimum absolute atomic E-state index is 0.436. The summed E-state index contributed by atoms with van der Waals surface area (Å²) in [5.41, 5.74) is 1.06. The summed E-state index contributed by atoms with van der Waals surface area (Å²) in [5.74, 6) is 1.41. The Morgan fingerprint density at radius 3 is 2.57 bits per heavy atom. The molecule has 0 unspecified atom stereocenters. The molecule has 8 heteroatoms. The average molecular weight is 318 g/mol. The van der Waals surface area contributed by atoms with Crippen LogP contribution in [0.3, 0.4) is 0 Å². The molecule has 1 aromatic heterocycles. The van der Waals surface area contributed by atoms with Crippen LogP contribution in [0.25, 0.3) is 0 Å². The molecule has 1 aliphatic rings. The van der Waals surface area contributed by atoms with Crippen molar-refractivity contribution in [2.75, 3.05) is 38.2 Å². The Hall–Kier alpha value is -2.77. The van der Waals surface area contributed by atoms with E-state index in [1.54, 1.807) is 7.11 Å². The third-order valence-electron chi connectivity index (χ3n) is 3.80. The van der Waals surface area contributed by atoms with Crippen LogP contribution >= 0.6 is 0 Å². The van der Waals surface area contributed by atoms with Crippen LogP contribution in [-0.4, -0.2) is 59.5 Å². The molecule has 0 aliphatic carbocycles. The average Bonchev–Trinajstić information content (AvgIpc) is 3.04. The highest BCUT2D eigenvalue weighted by atomic mass is 16.5. The number of carboxylic acid groups (broad SMARTS) is 1. The summed E-state index contributed by atoms with van der Waals surface area (Å²) >= 11 is 0. The van der Waals surface area contributed by atoms with Gasteiger partial charge in [-0.25, -0.2) is 4.79 Å². The molecule has 1 aliphatic heterocycles. The molecule has 1 saturated heterocycles. The molecule has 0 radical (unpaired) electrons. The summed E-state index contributed by atoms with van der Waals surface area (Å²) in [6.45, 7) is 1.98. The highest BCUT2D eigenvalue weighted by molar-refractivity contribution is 5.65. The third kappa shape index (κ3) is 3.53. The highest BCUT2D eigenvalue weighted by Gasteiger charge is 2.23. The van der Waals surface area contributed by atoms with E-state index in [2.05, 4.69) is 10.1 Å². The second-order valence-electron chi connectivity index (χ2n) is 5.27. The fourth-order valence-corrected chi connectivity index (χ4v) is 2.46. The normalized spacial score (nSPS) is 14.8. The molecule has 0 bridgehead atoms. The molecule has 1 N–H and O–H groups in total. The molecule has 2 heterocycles. The Morgan fingerprint density at radius 1 is 1.26 bits per heavy atom.